The number of aliphatic hydroxyl groups is 2. The summed E-state index contributed by atoms with van der Waals surface area (Å²) in [5, 5.41) is 17.9. The first-order valence-corrected chi connectivity index (χ1v) is 5.81. The Morgan fingerprint density at radius 1 is 1.24 bits per heavy atom. The molecule has 0 aromatic carbocycles. The minimum absolute atomic E-state index is 0.00696. The average Bonchev–Trinajstić information content (AvgIpc) is 2.28. The van der Waals surface area contributed by atoms with E-state index in [1.165, 1.54) is 0 Å². The first kappa shape index (κ1) is 13.7. The van der Waals surface area contributed by atoms with Gasteiger partial charge in [0, 0.05) is 25.6 Å². The summed E-state index contributed by atoms with van der Waals surface area (Å²) in [6.07, 6.45) is 1.72. The lowest BCUT2D eigenvalue weighted by atomic mass is 10.3. The zero-order valence-electron chi connectivity index (χ0n) is 10.1. The molecule has 0 saturated carbocycles. The Kier molecular flexibility index (Phi) is 5.65. The van der Waals surface area contributed by atoms with Crippen LogP contribution in [0.1, 0.15) is 19.2 Å². The van der Waals surface area contributed by atoms with Crippen LogP contribution < -0.4 is 10.6 Å². The Labute approximate surface area is 101 Å². The van der Waals surface area contributed by atoms with E-state index in [0.29, 0.717) is 30.5 Å². The average molecular weight is 240 g/mol. The minimum Gasteiger partial charge on any atom is -0.395 e. The number of nitrogen functional groups attached to an aromatic ring is 1. The van der Waals surface area contributed by atoms with E-state index in [2.05, 4.69) is 9.97 Å². The lowest BCUT2D eigenvalue weighted by Crippen LogP contribution is -2.30. The van der Waals surface area contributed by atoms with E-state index in [1.54, 1.807) is 11.0 Å². The van der Waals surface area contributed by atoms with Gasteiger partial charge in [-0.3, -0.25) is 0 Å². The van der Waals surface area contributed by atoms with E-state index in [0.717, 1.165) is 12.8 Å². The molecule has 0 atom stereocenters. The summed E-state index contributed by atoms with van der Waals surface area (Å²) >= 11 is 0. The van der Waals surface area contributed by atoms with Gasteiger partial charge in [-0.1, -0.05) is 6.92 Å². The number of nitrogens with two attached hydrogens (primary N) is 1. The van der Waals surface area contributed by atoms with Crippen molar-refractivity contribution in [3.63, 3.8) is 0 Å². The SMILES string of the molecule is CCCc1nc(N)cc(N(CCO)CCO)n1. The van der Waals surface area contributed by atoms with Crippen molar-refractivity contribution in [2.24, 2.45) is 0 Å². The molecular formula is C11H20N4O2. The smallest absolute Gasteiger partial charge is 0.134 e. The summed E-state index contributed by atoms with van der Waals surface area (Å²) < 4.78 is 0. The second-order valence-corrected chi connectivity index (χ2v) is 3.75. The first-order valence-electron chi connectivity index (χ1n) is 5.81. The molecule has 17 heavy (non-hydrogen) atoms. The summed E-state index contributed by atoms with van der Waals surface area (Å²) in [5.74, 6) is 1.77. The van der Waals surface area contributed by atoms with Gasteiger partial charge >= 0.3 is 0 Å². The van der Waals surface area contributed by atoms with Gasteiger partial charge in [-0.15, -0.1) is 0 Å². The van der Waals surface area contributed by atoms with Gasteiger partial charge in [-0.2, -0.15) is 0 Å². The number of aryl methyl sites for hydroxylation is 1. The van der Waals surface area contributed by atoms with Crippen LogP contribution in [-0.4, -0.2) is 46.5 Å². The Morgan fingerprint density at radius 3 is 2.41 bits per heavy atom. The standard InChI is InChI=1S/C11H20N4O2/c1-2-3-10-13-9(12)8-11(14-10)15(4-6-16)5-7-17/h8,16-17H,2-7H2,1H3,(H2,12,13,14). The Balaban J connectivity index is 2.92. The van der Waals surface area contributed by atoms with E-state index in [-0.39, 0.29) is 13.2 Å². The first-order chi connectivity index (χ1) is 8.21. The van der Waals surface area contributed by atoms with Crippen LogP contribution >= 0.6 is 0 Å². The highest BCUT2D eigenvalue weighted by atomic mass is 16.3. The van der Waals surface area contributed by atoms with Crippen molar-refractivity contribution >= 4 is 11.6 Å². The lowest BCUT2D eigenvalue weighted by molar-refractivity contribution is 0.280. The highest BCUT2D eigenvalue weighted by Gasteiger charge is 2.09. The van der Waals surface area contributed by atoms with Crippen molar-refractivity contribution in [2.45, 2.75) is 19.8 Å². The van der Waals surface area contributed by atoms with Crippen LogP contribution in [0.3, 0.4) is 0 Å². The van der Waals surface area contributed by atoms with Crippen molar-refractivity contribution < 1.29 is 10.2 Å². The molecule has 4 N–H and O–H groups in total. The largest absolute Gasteiger partial charge is 0.395 e. The zero-order valence-corrected chi connectivity index (χ0v) is 10.1. The van der Waals surface area contributed by atoms with Crippen LogP contribution in [0.4, 0.5) is 11.6 Å². The zero-order chi connectivity index (χ0) is 12.7. The van der Waals surface area contributed by atoms with E-state index < -0.39 is 0 Å². The maximum absolute atomic E-state index is 8.97. The summed E-state index contributed by atoms with van der Waals surface area (Å²) in [6.45, 7) is 2.90. The summed E-state index contributed by atoms with van der Waals surface area (Å²) in [7, 11) is 0. The van der Waals surface area contributed by atoms with Gasteiger partial charge in [0.1, 0.15) is 17.5 Å². The molecule has 6 nitrogen and oxygen atoms in total. The summed E-state index contributed by atoms with van der Waals surface area (Å²) in [6, 6.07) is 1.66. The molecule has 0 aliphatic heterocycles. The normalized spacial score (nSPS) is 10.5. The molecule has 0 fully saturated rings. The van der Waals surface area contributed by atoms with Gasteiger partial charge in [0.25, 0.3) is 0 Å². The summed E-state index contributed by atoms with van der Waals surface area (Å²) in [5.41, 5.74) is 5.72. The number of aromatic nitrogens is 2. The number of rotatable bonds is 7. The van der Waals surface area contributed by atoms with E-state index in [1.807, 2.05) is 6.92 Å². The van der Waals surface area contributed by atoms with Crippen LogP contribution in [0.15, 0.2) is 6.07 Å². The summed E-state index contributed by atoms with van der Waals surface area (Å²) in [4.78, 5) is 10.3. The van der Waals surface area contributed by atoms with Crippen molar-refractivity contribution in [1.29, 1.82) is 0 Å². The topological polar surface area (TPSA) is 95.5 Å². The molecule has 0 spiro atoms. The lowest BCUT2D eigenvalue weighted by Gasteiger charge is -2.22. The predicted octanol–water partition coefficient (Wildman–Crippen LogP) is -0.198. The third-order valence-electron chi connectivity index (χ3n) is 2.32. The van der Waals surface area contributed by atoms with Gasteiger partial charge in [0.05, 0.1) is 13.2 Å². The van der Waals surface area contributed by atoms with Crippen molar-refractivity contribution in [3.8, 4) is 0 Å². The molecule has 1 aromatic heterocycles. The fraction of sp³-hybridized carbons (Fsp3) is 0.636. The van der Waals surface area contributed by atoms with Gasteiger partial charge in [0.15, 0.2) is 0 Å². The van der Waals surface area contributed by atoms with Crippen molar-refractivity contribution in [1.82, 2.24) is 9.97 Å². The highest BCUT2D eigenvalue weighted by molar-refractivity contribution is 5.47. The molecule has 0 saturated heterocycles. The number of hydrogen-bond donors (Lipinski definition) is 3. The number of hydrogen-bond acceptors (Lipinski definition) is 6. The molecule has 0 amide bonds. The van der Waals surface area contributed by atoms with Crippen LogP contribution in [-0.2, 0) is 6.42 Å². The fourth-order valence-electron chi connectivity index (χ4n) is 1.58. The molecule has 0 aliphatic carbocycles. The molecular weight excluding hydrogens is 220 g/mol. The fourth-order valence-corrected chi connectivity index (χ4v) is 1.58. The Bertz CT molecular complexity index is 340. The van der Waals surface area contributed by atoms with Gasteiger partial charge in [-0.25, -0.2) is 9.97 Å². The van der Waals surface area contributed by atoms with Crippen LogP contribution in [0.25, 0.3) is 0 Å². The predicted molar refractivity (Wildman–Crippen MR) is 66.8 cm³/mol. The third-order valence-corrected chi connectivity index (χ3v) is 2.32. The van der Waals surface area contributed by atoms with Gasteiger partial charge in [-0.05, 0) is 6.42 Å². The maximum Gasteiger partial charge on any atom is 0.134 e. The van der Waals surface area contributed by atoms with Gasteiger partial charge < -0.3 is 20.8 Å². The quantitative estimate of drug-likeness (QED) is 0.611. The molecule has 1 rings (SSSR count). The van der Waals surface area contributed by atoms with Crippen LogP contribution in [0.5, 0.6) is 0 Å². The van der Waals surface area contributed by atoms with Crippen molar-refractivity contribution in [2.75, 3.05) is 36.9 Å². The van der Waals surface area contributed by atoms with Gasteiger partial charge in [0.2, 0.25) is 0 Å². The maximum atomic E-state index is 8.97. The second-order valence-electron chi connectivity index (χ2n) is 3.75. The molecule has 0 radical (unpaired) electrons. The Hall–Kier alpha value is -1.40. The molecule has 0 aliphatic rings. The van der Waals surface area contributed by atoms with Crippen LogP contribution in [0, 0.1) is 0 Å². The van der Waals surface area contributed by atoms with Crippen molar-refractivity contribution in [3.05, 3.63) is 11.9 Å². The molecule has 0 bridgehead atoms. The van der Waals surface area contributed by atoms with Crippen LogP contribution in [0.2, 0.25) is 0 Å². The minimum atomic E-state index is 0.00696. The Morgan fingerprint density at radius 2 is 1.88 bits per heavy atom. The number of nitrogens with zero attached hydrogens (tertiary/aromatic N) is 3. The third kappa shape index (κ3) is 4.16. The number of anilines is 2. The molecule has 96 valence electrons. The monoisotopic (exact) mass is 240 g/mol. The molecule has 1 heterocycles. The molecule has 1 aromatic rings. The highest BCUT2D eigenvalue weighted by Crippen LogP contribution is 2.14. The number of aliphatic hydroxyl groups excluding tert-OH is 2. The molecule has 6 heteroatoms. The second kappa shape index (κ2) is 7.03. The van der Waals surface area contributed by atoms with E-state index in [9.17, 15) is 0 Å². The van der Waals surface area contributed by atoms with E-state index >= 15 is 0 Å². The van der Waals surface area contributed by atoms with E-state index in [4.69, 9.17) is 15.9 Å². The molecule has 0 unspecified atom stereocenters.